The van der Waals surface area contributed by atoms with E-state index in [-0.39, 0.29) is 5.04 Å². The molecule has 2 heterocycles. The zero-order valence-corrected chi connectivity index (χ0v) is 13.8. The highest BCUT2D eigenvalue weighted by Gasteiger charge is 2.37. The molecule has 3 nitrogen and oxygen atoms in total. The van der Waals surface area contributed by atoms with Gasteiger partial charge in [0.1, 0.15) is 11.3 Å². The third-order valence-electron chi connectivity index (χ3n) is 3.77. The molecule has 19 heavy (non-hydrogen) atoms. The molecule has 104 valence electrons. The van der Waals surface area contributed by atoms with E-state index in [0.29, 0.717) is 17.2 Å². The Balaban J connectivity index is 2.14. The number of halogens is 1. The Morgan fingerprint density at radius 3 is 2.63 bits per heavy atom. The fourth-order valence-electron chi connectivity index (χ4n) is 1.48. The number of pyridine rings is 1. The van der Waals surface area contributed by atoms with Crippen molar-refractivity contribution in [2.45, 2.75) is 45.5 Å². The number of hydrogen-bond acceptors (Lipinski definition) is 3. The van der Waals surface area contributed by atoms with E-state index in [1.54, 1.807) is 12.3 Å². The van der Waals surface area contributed by atoms with Crippen molar-refractivity contribution in [2.75, 3.05) is 0 Å². The molecular formula is C14H20ClNO2Si. The van der Waals surface area contributed by atoms with Crippen LogP contribution in [0.15, 0.2) is 22.7 Å². The molecule has 0 saturated carbocycles. The molecule has 0 unspecified atom stereocenters. The third-order valence-corrected chi connectivity index (χ3v) is 8.45. The first-order valence-corrected chi connectivity index (χ1v) is 9.65. The Labute approximate surface area is 120 Å². The number of rotatable bonds is 3. The van der Waals surface area contributed by atoms with Crippen LogP contribution in [0.3, 0.4) is 0 Å². The van der Waals surface area contributed by atoms with Crippen molar-refractivity contribution in [3.05, 3.63) is 29.1 Å². The van der Waals surface area contributed by atoms with Crippen LogP contribution in [0.1, 0.15) is 26.5 Å². The van der Waals surface area contributed by atoms with E-state index in [1.807, 2.05) is 6.07 Å². The largest absolute Gasteiger partial charge is 0.457 e. The van der Waals surface area contributed by atoms with Crippen molar-refractivity contribution in [1.29, 1.82) is 0 Å². The summed E-state index contributed by atoms with van der Waals surface area (Å²) < 4.78 is 11.8. The smallest absolute Gasteiger partial charge is 0.192 e. The van der Waals surface area contributed by atoms with Gasteiger partial charge in [-0.05, 0) is 18.1 Å². The van der Waals surface area contributed by atoms with Crippen molar-refractivity contribution >= 4 is 31.0 Å². The summed E-state index contributed by atoms with van der Waals surface area (Å²) in [6.45, 7) is 11.6. The minimum Gasteiger partial charge on any atom is -0.457 e. The first-order valence-electron chi connectivity index (χ1n) is 6.37. The SMILES string of the molecule is CC(C)(C)[Si](C)(C)OCc1cc2ncc(Cl)cc2o1. The van der Waals surface area contributed by atoms with E-state index in [1.165, 1.54) is 0 Å². The Morgan fingerprint density at radius 2 is 2.00 bits per heavy atom. The Hall–Kier alpha value is -0.843. The van der Waals surface area contributed by atoms with Gasteiger partial charge in [-0.1, -0.05) is 32.4 Å². The van der Waals surface area contributed by atoms with Gasteiger partial charge in [0.25, 0.3) is 0 Å². The van der Waals surface area contributed by atoms with E-state index in [4.69, 9.17) is 20.4 Å². The fraction of sp³-hybridized carbons (Fsp3) is 0.500. The van der Waals surface area contributed by atoms with Crippen LogP contribution in [0, 0.1) is 0 Å². The molecule has 5 heteroatoms. The van der Waals surface area contributed by atoms with Gasteiger partial charge >= 0.3 is 0 Å². The number of hydrogen-bond donors (Lipinski definition) is 0. The summed E-state index contributed by atoms with van der Waals surface area (Å²) in [6.07, 6.45) is 1.62. The van der Waals surface area contributed by atoms with Gasteiger partial charge in [-0.15, -0.1) is 0 Å². The van der Waals surface area contributed by atoms with Crippen LogP contribution in [0.25, 0.3) is 11.1 Å². The molecule has 0 atom stereocenters. The Bertz CT molecular complexity index is 587. The Morgan fingerprint density at radius 1 is 1.32 bits per heavy atom. The predicted octanol–water partition coefficient (Wildman–Crippen LogP) is 5.00. The highest BCUT2D eigenvalue weighted by Crippen LogP contribution is 2.37. The van der Waals surface area contributed by atoms with E-state index in [9.17, 15) is 0 Å². The highest BCUT2D eigenvalue weighted by atomic mass is 35.5. The predicted molar refractivity (Wildman–Crippen MR) is 81.0 cm³/mol. The average Bonchev–Trinajstić information content (AvgIpc) is 2.67. The van der Waals surface area contributed by atoms with E-state index < -0.39 is 8.32 Å². The molecule has 2 aromatic heterocycles. The van der Waals surface area contributed by atoms with E-state index in [2.05, 4.69) is 38.8 Å². The average molecular weight is 298 g/mol. The van der Waals surface area contributed by atoms with Gasteiger partial charge in [-0.2, -0.15) is 0 Å². The van der Waals surface area contributed by atoms with Crippen LogP contribution < -0.4 is 0 Å². The molecule has 0 saturated heterocycles. The third kappa shape index (κ3) is 3.19. The lowest BCUT2D eigenvalue weighted by Crippen LogP contribution is -2.40. The van der Waals surface area contributed by atoms with Crippen molar-refractivity contribution in [3.63, 3.8) is 0 Å². The molecule has 2 rings (SSSR count). The zero-order chi connectivity index (χ0) is 14.3. The minimum atomic E-state index is -1.75. The van der Waals surface area contributed by atoms with Gasteiger partial charge in [0.15, 0.2) is 13.9 Å². The van der Waals surface area contributed by atoms with Crippen molar-refractivity contribution in [3.8, 4) is 0 Å². The molecule has 0 fully saturated rings. The first kappa shape index (κ1) is 14.6. The summed E-state index contributed by atoms with van der Waals surface area (Å²) >= 11 is 5.89. The molecule has 0 spiro atoms. The summed E-state index contributed by atoms with van der Waals surface area (Å²) in [7, 11) is -1.75. The number of furan rings is 1. The van der Waals surface area contributed by atoms with Gasteiger partial charge in [0.05, 0.1) is 11.6 Å². The molecule has 0 aliphatic heterocycles. The van der Waals surface area contributed by atoms with Crippen molar-refractivity contribution in [1.82, 2.24) is 4.98 Å². The standard InChI is InChI=1S/C14H20ClNO2Si/c1-14(2,3)19(4,5)17-9-11-7-12-13(18-11)6-10(15)8-16-12/h6-8H,9H2,1-5H3. The second-order valence-electron chi connectivity index (χ2n) is 6.30. The molecule has 0 radical (unpaired) electrons. The van der Waals surface area contributed by atoms with Crippen molar-refractivity contribution in [2.24, 2.45) is 0 Å². The van der Waals surface area contributed by atoms with Gasteiger partial charge in [-0.25, -0.2) is 0 Å². The van der Waals surface area contributed by atoms with Crippen molar-refractivity contribution < 1.29 is 8.84 Å². The highest BCUT2D eigenvalue weighted by molar-refractivity contribution is 6.74. The topological polar surface area (TPSA) is 35.3 Å². The lowest BCUT2D eigenvalue weighted by Gasteiger charge is -2.35. The summed E-state index contributed by atoms with van der Waals surface area (Å²) in [4.78, 5) is 4.22. The van der Waals surface area contributed by atoms with E-state index in [0.717, 1.165) is 11.3 Å². The van der Waals surface area contributed by atoms with E-state index >= 15 is 0 Å². The molecule has 0 aliphatic rings. The Kier molecular flexibility index (Phi) is 3.77. The maximum atomic E-state index is 6.12. The fourth-order valence-corrected chi connectivity index (χ4v) is 2.57. The lowest BCUT2D eigenvalue weighted by atomic mass is 10.2. The van der Waals surface area contributed by atoms with Crippen LogP contribution in [-0.2, 0) is 11.0 Å². The second kappa shape index (κ2) is 4.92. The monoisotopic (exact) mass is 297 g/mol. The van der Waals surface area contributed by atoms with Crippen LogP contribution in [0.4, 0.5) is 0 Å². The summed E-state index contributed by atoms with van der Waals surface area (Å²) in [5.74, 6) is 0.801. The summed E-state index contributed by atoms with van der Waals surface area (Å²) in [5.41, 5.74) is 1.53. The zero-order valence-electron chi connectivity index (χ0n) is 12.1. The van der Waals surface area contributed by atoms with Gasteiger partial charge in [-0.3, -0.25) is 4.98 Å². The molecule has 0 bridgehead atoms. The maximum Gasteiger partial charge on any atom is 0.192 e. The first-order chi connectivity index (χ1) is 8.69. The molecule has 0 aliphatic carbocycles. The minimum absolute atomic E-state index is 0.195. The summed E-state index contributed by atoms with van der Waals surface area (Å²) in [6, 6.07) is 3.69. The maximum absolute atomic E-state index is 6.12. The quantitative estimate of drug-likeness (QED) is 0.748. The second-order valence-corrected chi connectivity index (χ2v) is 11.5. The molecule has 0 aromatic carbocycles. The number of fused-ring (bicyclic) bond motifs is 1. The van der Waals surface area contributed by atoms with Gasteiger partial charge in [0, 0.05) is 18.3 Å². The van der Waals surface area contributed by atoms with Gasteiger partial charge in [0.2, 0.25) is 0 Å². The number of aromatic nitrogens is 1. The van der Waals surface area contributed by atoms with Gasteiger partial charge < -0.3 is 8.84 Å². The summed E-state index contributed by atoms with van der Waals surface area (Å²) in [5, 5.41) is 0.777. The van der Waals surface area contributed by atoms with Crippen LogP contribution in [-0.4, -0.2) is 13.3 Å². The molecule has 2 aromatic rings. The lowest BCUT2D eigenvalue weighted by molar-refractivity contribution is 0.249. The molecule has 0 N–H and O–H groups in total. The number of nitrogens with zero attached hydrogens (tertiary/aromatic N) is 1. The van der Waals surface area contributed by atoms with Crippen LogP contribution in [0.2, 0.25) is 23.2 Å². The van der Waals surface area contributed by atoms with Crippen LogP contribution >= 0.6 is 11.6 Å². The van der Waals surface area contributed by atoms with Crippen LogP contribution in [0.5, 0.6) is 0 Å². The molecule has 0 amide bonds. The normalized spacial score (nSPS) is 13.2. The molecular weight excluding hydrogens is 278 g/mol.